The highest BCUT2D eigenvalue weighted by Crippen LogP contribution is 2.40. The lowest BCUT2D eigenvalue weighted by atomic mass is 10.1. The van der Waals surface area contributed by atoms with Gasteiger partial charge in [0.15, 0.2) is 0 Å². The third-order valence-electron chi connectivity index (χ3n) is 7.00. The Hall–Kier alpha value is -4.54. The Bertz CT molecular complexity index is 2100. The van der Waals surface area contributed by atoms with E-state index in [2.05, 4.69) is 114 Å². The van der Waals surface area contributed by atoms with Crippen LogP contribution < -0.4 is 0 Å². The molecule has 5 aromatic carbocycles. The molecule has 3 aromatic heterocycles. The van der Waals surface area contributed by atoms with Crippen LogP contribution in [0.2, 0.25) is 0 Å². The second-order valence-electron chi connectivity index (χ2n) is 9.08. The van der Waals surface area contributed by atoms with E-state index in [9.17, 15) is 0 Å². The van der Waals surface area contributed by atoms with Gasteiger partial charge in [0.1, 0.15) is 0 Å². The molecule has 0 unspecified atom stereocenters. The Labute approximate surface area is 210 Å². The fraction of sp³-hybridized carbons (Fsp3) is 0. The molecule has 0 bridgehead atoms. The Morgan fingerprint density at radius 2 is 1.25 bits per heavy atom. The maximum Gasteiger partial charge on any atom is 0.235 e. The first-order valence-electron chi connectivity index (χ1n) is 12.0. The van der Waals surface area contributed by atoms with Crippen LogP contribution in [0.5, 0.6) is 0 Å². The van der Waals surface area contributed by atoms with Gasteiger partial charge in [-0.1, -0.05) is 91.0 Å². The first-order valence-corrected chi connectivity index (χ1v) is 12.8. The van der Waals surface area contributed by atoms with E-state index in [1.54, 1.807) is 11.3 Å². The molecule has 3 nitrogen and oxygen atoms in total. The van der Waals surface area contributed by atoms with Gasteiger partial charge < -0.3 is 0 Å². The lowest BCUT2D eigenvalue weighted by Crippen LogP contribution is -2.02. The van der Waals surface area contributed by atoms with Crippen molar-refractivity contribution in [3.8, 4) is 17.2 Å². The Morgan fingerprint density at radius 3 is 2.11 bits per heavy atom. The topological polar surface area (TPSA) is 30.7 Å². The summed E-state index contributed by atoms with van der Waals surface area (Å²) in [7, 11) is 0. The lowest BCUT2D eigenvalue weighted by Gasteiger charge is -2.10. The number of hydrogen-bond donors (Lipinski definition) is 0. The maximum atomic E-state index is 5.25. The summed E-state index contributed by atoms with van der Waals surface area (Å²) in [5.74, 6) is 0.700. The van der Waals surface area contributed by atoms with Gasteiger partial charge in [-0.3, -0.25) is 4.57 Å². The van der Waals surface area contributed by atoms with Gasteiger partial charge in [0.05, 0.1) is 26.9 Å². The van der Waals surface area contributed by atoms with Crippen LogP contribution in [-0.4, -0.2) is 14.5 Å². The maximum absolute atomic E-state index is 5.25. The predicted molar refractivity (Wildman–Crippen MR) is 152 cm³/mol. The number of aromatic nitrogens is 3. The lowest BCUT2D eigenvalue weighted by molar-refractivity contribution is 1.02. The average Bonchev–Trinajstić information content (AvgIpc) is 3.47. The summed E-state index contributed by atoms with van der Waals surface area (Å²) >= 11 is 1.76. The Kier molecular flexibility index (Phi) is 4.10. The number of rotatable bonds is 2. The summed E-state index contributed by atoms with van der Waals surface area (Å²) in [6.07, 6.45) is 0. The van der Waals surface area contributed by atoms with Gasteiger partial charge in [-0.2, -0.15) is 0 Å². The first-order chi connectivity index (χ1) is 17.8. The Morgan fingerprint density at radius 1 is 0.556 bits per heavy atom. The SMILES string of the molecule is c1ccc(-c2nc(-n3c4ccccc4c4cc5ccccc5cc43)nc3c2sc2ccccc23)cc1. The highest BCUT2D eigenvalue weighted by Gasteiger charge is 2.19. The average molecular weight is 478 g/mol. The van der Waals surface area contributed by atoms with Crippen molar-refractivity contribution in [2.45, 2.75) is 0 Å². The van der Waals surface area contributed by atoms with Crippen LogP contribution in [0.3, 0.4) is 0 Å². The van der Waals surface area contributed by atoms with Gasteiger partial charge in [0.25, 0.3) is 0 Å². The van der Waals surface area contributed by atoms with Gasteiger partial charge in [-0.05, 0) is 35.0 Å². The van der Waals surface area contributed by atoms with Crippen molar-refractivity contribution in [2.24, 2.45) is 0 Å². The molecule has 0 radical (unpaired) electrons. The number of benzene rings is 5. The second-order valence-corrected chi connectivity index (χ2v) is 10.1. The second kappa shape index (κ2) is 7.48. The standard InChI is InChI=1S/C32H19N3S/c1-2-10-20(11-3-1)29-31-30(24-15-7-9-17-28(24)36-31)34-32(33-29)35-26-16-8-6-14-23(26)25-18-21-12-4-5-13-22(21)19-27(25)35/h1-19H. The van der Waals surface area contributed by atoms with Crippen LogP contribution in [0.1, 0.15) is 0 Å². The van der Waals surface area contributed by atoms with Gasteiger partial charge in [0, 0.05) is 26.4 Å². The summed E-state index contributed by atoms with van der Waals surface area (Å²) in [5, 5.41) is 6.03. The van der Waals surface area contributed by atoms with E-state index in [1.165, 1.54) is 31.6 Å². The minimum atomic E-state index is 0.700. The predicted octanol–water partition coefficient (Wildman–Crippen LogP) is 8.76. The highest BCUT2D eigenvalue weighted by atomic mass is 32.1. The van der Waals surface area contributed by atoms with Crippen LogP contribution in [0.25, 0.3) is 70.1 Å². The van der Waals surface area contributed by atoms with Gasteiger partial charge in [0.2, 0.25) is 5.95 Å². The number of nitrogens with zero attached hydrogens (tertiary/aromatic N) is 3. The van der Waals surface area contributed by atoms with Gasteiger partial charge in [-0.15, -0.1) is 11.3 Å². The molecule has 0 N–H and O–H groups in total. The largest absolute Gasteiger partial charge is 0.278 e. The van der Waals surface area contributed by atoms with Crippen LogP contribution in [0.15, 0.2) is 115 Å². The van der Waals surface area contributed by atoms with E-state index < -0.39 is 0 Å². The molecule has 8 rings (SSSR count). The zero-order chi connectivity index (χ0) is 23.6. The van der Waals surface area contributed by atoms with Crippen molar-refractivity contribution in [3.05, 3.63) is 115 Å². The summed E-state index contributed by atoms with van der Waals surface area (Å²) in [6, 6.07) is 40.6. The molecule has 36 heavy (non-hydrogen) atoms. The smallest absolute Gasteiger partial charge is 0.235 e. The summed E-state index contributed by atoms with van der Waals surface area (Å²) in [5.41, 5.74) is 5.31. The monoisotopic (exact) mass is 477 g/mol. The van der Waals surface area contributed by atoms with Crippen molar-refractivity contribution in [2.75, 3.05) is 0 Å². The minimum Gasteiger partial charge on any atom is -0.278 e. The van der Waals surface area contributed by atoms with Crippen molar-refractivity contribution in [3.63, 3.8) is 0 Å². The molecular weight excluding hydrogens is 458 g/mol. The number of thiophene rings is 1. The van der Waals surface area contributed by atoms with Crippen LogP contribution in [-0.2, 0) is 0 Å². The normalized spacial score (nSPS) is 11.9. The van der Waals surface area contributed by atoms with Crippen molar-refractivity contribution in [1.82, 2.24) is 14.5 Å². The molecule has 0 saturated carbocycles. The molecule has 8 aromatic rings. The van der Waals surface area contributed by atoms with E-state index in [1.807, 2.05) is 6.07 Å². The minimum absolute atomic E-state index is 0.700. The van der Waals surface area contributed by atoms with E-state index in [4.69, 9.17) is 9.97 Å². The Balaban J connectivity index is 1.55. The van der Waals surface area contributed by atoms with E-state index in [0.717, 1.165) is 32.5 Å². The van der Waals surface area contributed by atoms with Gasteiger partial charge in [-0.25, -0.2) is 9.97 Å². The summed E-state index contributed by atoms with van der Waals surface area (Å²) < 4.78 is 4.58. The van der Waals surface area contributed by atoms with Crippen molar-refractivity contribution < 1.29 is 0 Å². The molecule has 0 aliphatic heterocycles. The zero-order valence-corrected chi connectivity index (χ0v) is 20.0. The molecule has 0 amide bonds. The third kappa shape index (κ3) is 2.79. The summed E-state index contributed by atoms with van der Waals surface area (Å²) in [4.78, 5) is 10.5. The quantitative estimate of drug-likeness (QED) is 0.249. The zero-order valence-electron chi connectivity index (χ0n) is 19.2. The number of para-hydroxylation sites is 1. The van der Waals surface area contributed by atoms with Crippen LogP contribution in [0.4, 0.5) is 0 Å². The van der Waals surface area contributed by atoms with Crippen molar-refractivity contribution in [1.29, 1.82) is 0 Å². The van der Waals surface area contributed by atoms with Gasteiger partial charge >= 0.3 is 0 Å². The highest BCUT2D eigenvalue weighted by molar-refractivity contribution is 7.26. The van der Waals surface area contributed by atoms with E-state index >= 15 is 0 Å². The fourth-order valence-corrected chi connectivity index (χ4v) is 6.50. The molecular formula is C32H19N3S. The van der Waals surface area contributed by atoms with Crippen molar-refractivity contribution >= 4 is 64.2 Å². The summed E-state index contributed by atoms with van der Waals surface area (Å²) in [6.45, 7) is 0. The van der Waals surface area contributed by atoms with Crippen LogP contribution in [0, 0.1) is 0 Å². The first kappa shape index (κ1) is 19.7. The molecule has 0 saturated heterocycles. The number of fused-ring (bicyclic) bond motifs is 7. The van der Waals surface area contributed by atoms with E-state index in [-0.39, 0.29) is 0 Å². The molecule has 0 fully saturated rings. The third-order valence-corrected chi connectivity index (χ3v) is 8.16. The molecule has 0 spiro atoms. The molecule has 3 heterocycles. The van der Waals surface area contributed by atoms with E-state index in [0.29, 0.717) is 5.95 Å². The molecule has 0 aliphatic carbocycles. The number of hydrogen-bond acceptors (Lipinski definition) is 3. The molecule has 0 atom stereocenters. The molecule has 0 aliphatic rings. The molecule has 4 heteroatoms. The van der Waals surface area contributed by atoms with Crippen LogP contribution >= 0.6 is 11.3 Å². The fourth-order valence-electron chi connectivity index (χ4n) is 5.34. The molecule has 168 valence electrons.